The van der Waals surface area contributed by atoms with Gasteiger partial charge in [0.25, 0.3) is 5.91 Å². The number of para-hydroxylation sites is 1. The number of halogens is 6. The first-order valence-corrected chi connectivity index (χ1v) is 13.0. The number of aromatic nitrogens is 1. The molecule has 0 spiro atoms. The molecule has 0 unspecified atom stereocenters. The van der Waals surface area contributed by atoms with E-state index in [1.165, 1.54) is 4.90 Å². The largest absolute Gasteiger partial charge is 0.416 e. The van der Waals surface area contributed by atoms with E-state index in [4.69, 9.17) is 4.84 Å². The number of nitrogens with one attached hydrogen (secondary N) is 2. The van der Waals surface area contributed by atoms with E-state index in [0.29, 0.717) is 57.1 Å². The second-order valence-corrected chi connectivity index (χ2v) is 10.0. The summed E-state index contributed by atoms with van der Waals surface area (Å²) in [4.78, 5) is 25.5. The van der Waals surface area contributed by atoms with Gasteiger partial charge < -0.3 is 20.0 Å². The highest BCUT2D eigenvalue weighted by Gasteiger charge is 2.39. The van der Waals surface area contributed by atoms with Crippen LogP contribution < -0.4 is 5.32 Å². The van der Waals surface area contributed by atoms with E-state index in [1.807, 2.05) is 29.2 Å². The predicted molar refractivity (Wildman–Crippen MR) is 143 cm³/mol. The number of alkyl halides is 6. The number of aromatic amines is 1. The lowest BCUT2D eigenvalue weighted by Gasteiger charge is -2.41. The van der Waals surface area contributed by atoms with Crippen LogP contribution in [-0.2, 0) is 23.6 Å². The molecule has 13 heteroatoms. The summed E-state index contributed by atoms with van der Waals surface area (Å²) in [6.07, 6.45) is -7.96. The van der Waals surface area contributed by atoms with Gasteiger partial charge in [-0.05, 0) is 50.2 Å². The lowest BCUT2D eigenvalue weighted by molar-refractivity contribution is -0.143. The lowest BCUT2D eigenvalue weighted by Crippen LogP contribution is -2.56. The highest BCUT2D eigenvalue weighted by Crippen LogP contribution is 2.37. The minimum Gasteiger partial charge on any atom is -0.394 e. The van der Waals surface area contributed by atoms with E-state index in [2.05, 4.69) is 15.5 Å². The molecule has 0 bridgehead atoms. The van der Waals surface area contributed by atoms with Crippen molar-refractivity contribution < 1.29 is 36.0 Å². The van der Waals surface area contributed by atoms with Gasteiger partial charge in [-0.15, -0.1) is 0 Å². The maximum Gasteiger partial charge on any atom is 0.416 e. The Kier molecular flexibility index (Phi) is 9.27. The van der Waals surface area contributed by atoms with Gasteiger partial charge in [0.1, 0.15) is 6.61 Å². The Morgan fingerprint density at radius 3 is 2.41 bits per heavy atom. The van der Waals surface area contributed by atoms with Crippen molar-refractivity contribution in [1.82, 2.24) is 20.1 Å². The number of carbonyl (C=O) groups is 1. The smallest absolute Gasteiger partial charge is 0.394 e. The van der Waals surface area contributed by atoms with Crippen molar-refractivity contribution in [3.63, 3.8) is 0 Å². The molecule has 1 aromatic heterocycles. The Morgan fingerprint density at radius 1 is 1.07 bits per heavy atom. The quantitative estimate of drug-likeness (QED) is 0.158. The summed E-state index contributed by atoms with van der Waals surface area (Å²) < 4.78 is 81.0. The topological polar surface area (TPSA) is 73.0 Å². The van der Waals surface area contributed by atoms with Crippen molar-refractivity contribution in [3.8, 4) is 0 Å². The van der Waals surface area contributed by atoms with E-state index < -0.39 is 41.0 Å². The third kappa shape index (κ3) is 7.59. The number of fused-ring (bicyclic) bond motifs is 1. The molecular weight excluding hydrogens is 552 g/mol. The Labute approximate surface area is 233 Å². The van der Waals surface area contributed by atoms with Crippen molar-refractivity contribution in [2.45, 2.75) is 31.7 Å². The fourth-order valence-electron chi connectivity index (χ4n) is 4.96. The number of oxime groups is 1. The number of nitrogens with zero attached hydrogens (tertiary/aromatic N) is 3. The van der Waals surface area contributed by atoms with Gasteiger partial charge >= 0.3 is 12.4 Å². The van der Waals surface area contributed by atoms with Crippen LogP contribution in [0, 0.1) is 0 Å². The Morgan fingerprint density at radius 2 is 1.76 bits per heavy atom. The molecule has 0 aliphatic carbocycles. The van der Waals surface area contributed by atoms with Crippen LogP contribution in [0.1, 0.15) is 34.0 Å². The van der Waals surface area contributed by atoms with Gasteiger partial charge in [0.15, 0.2) is 0 Å². The number of carbonyl (C=O) groups excluding carboxylic acids is 1. The number of likely N-dealkylation sites (N-methyl/N-ethyl adjacent to an activating group) is 1. The minimum absolute atomic E-state index is 0.0267. The fourth-order valence-corrected chi connectivity index (χ4v) is 4.96. The number of piperazine rings is 1. The van der Waals surface area contributed by atoms with Crippen molar-refractivity contribution in [2.75, 3.05) is 46.4 Å². The predicted octanol–water partition coefficient (Wildman–Crippen LogP) is 5.19. The molecule has 41 heavy (non-hydrogen) atoms. The van der Waals surface area contributed by atoms with E-state index in [0.717, 1.165) is 16.5 Å². The molecule has 3 aromatic rings. The third-order valence-corrected chi connectivity index (χ3v) is 6.91. The number of amides is 1. The van der Waals surface area contributed by atoms with Gasteiger partial charge in [-0.3, -0.25) is 9.69 Å². The standard InChI is InChI=1S/C28H31F6N5O2/c1-18(37-41-10-7-35-2)16-38-8-9-39(23(17-38)13-20-15-36-25-6-4-3-5-24(20)25)26(40)19-11-21(27(29,30)31)14-22(12-19)28(32,33)34/h3-6,11-12,14-15,23,35-36H,7-10,13,16-17H2,1-2H3/b37-18-/t23-/m1/s1. The molecular formula is C28H31F6N5O2. The molecule has 4 rings (SSSR count). The van der Waals surface area contributed by atoms with Crippen molar-refractivity contribution in [2.24, 2.45) is 5.16 Å². The first-order chi connectivity index (χ1) is 19.4. The molecule has 222 valence electrons. The molecule has 2 N–H and O–H groups in total. The van der Waals surface area contributed by atoms with E-state index >= 15 is 0 Å². The van der Waals surface area contributed by atoms with Crippen LogP contribution in [0.2, 0.25) is 0 Å². The zero-order valence-electron chi connectivity index (χ0n) is 22.6. The van der Waals surface area contributed by atoms with Crippen LogP contribution >= 0.6 is 0 Å². The van der Waals surface area contributed by atoms with Crippen LogP contribution in [-0.4, -0.2) is 78.8 Å². The highest BCUT2D eigenvalue weighted by atomic mass is 19.4. The summed E-state index contributed by atoms with van der Waals surface area (Å²) in [5.74, 6) is -0.883. The molecule has 1 saturated heterocycles. The van der Waals surface area contributed by atoms with Crippen LogP contribution in [0.4, 0.5) is 26.3 Å². The summed E-state index contributed by atoms with van der Waals surface area (Å²) in [6, 6.07) is 8.02. The number of H-pyrrole nitrogens is 1. The van der Waals surface area contributed by atoms with Crippen molar-refractivity contribution >= 4 is 22.5 Å². The van der Waals surface area contributed by atoms with Crippen LogP contribution in [0.5, 0.6) is 0 Å². The van der Waals surface area contributed by atoms with Gasteiger partial charge in [-0.25, -0.2) is 0 Å². The van der Waals surface area contributed by atoms with Crippen LogP contribution in [0.25, 0.3) is 10.9 Å². The van der Waals surface area contributed by atoms with Gasteiger partial charge in [0.2, 0.25) is 0 Å². The average Bonchev–Trinajstić information content (AvgIpc) is 3.32. The maximum absolute atomic E-state index is 13.6. The average molecular weight is 584 g/mol. The summed E-state index contributed by atoms with van der Waals surface area (Å²) in [5.41, 5.74) is -1.24. The Balaban J connectivity index is 1.63. The van der Waals surface area contributed by atoms with E-state index in [9.17, 15) is 31.1 Å². The minimum atomic E-state index is -5.05. The molecule has 1 aliphatic rings. The van der Waals surface area contributed by atoms with Gasteiger partial charge in [0, 0.05) is 61.4 Å². The molecule has 0 saturated carbocycles. The number of benzene rings is 2. The number of hydrogen-bond acceptors (Lipinski definition) is 5. The molecule has 1 atom stereocenters. The first-order valence-electron chi connectivity index (χ1n) is 13.0. The normalized spacial score (nSPS) is 17.3. The highest BCUT2D eigenvalue weighted by molar-refractivity contribution is 5.95. The van der Waals surface area contributed by atoms with Crippen LogP contribution in [0.15, 0.2) is 53.8 Å². The second-order valence-electron chi connectivity index (χ2n) is 10.0. The Hall–Kier alpha value is -3.58. The third-order valence-electron chi connectivity index (χ3n) is 6.91. The molecule has 0 radical (unpaired) electrons. The Bertz CT molecular complexity index is 1350. The molecule has 2 heterocycles. The summed E-state index contributed by atoms with van der Waals surface area (Å²) in [7, 11) is 1.79. The molecule has 2 aromatic carbocycles. The molecule has 1 amide bonds. The van der Waals surface area contributed by atoms with Gasteiger partial charge in [0.05, 0.1) is 16.8 Å². The number of rotatable bonds is 9. The zero-order valence-corrected chi connectivity index (χ0v) is 22.6. The zero-order chi connectivity index (χ0) is 29.8. The van der Waals surface area contributed by atoms with Gasteiger partial charge in [-0.2, -0.15) is 26.3 Å². The molecule has 7 nitrogen and oxygen atoms in total. The number of hydrogen-bond donors (Lipinski definition) is 2. The van der Waals surface area contributed by atoms with Crippen molar-refractivity contribution in [1.29, 1.82) is 0 Å². The second kappa shape index (κ2) is 12.5. The monoisotopic (exact) mass is 583 g/mol. The van der Waals surface area contributed by atoms with Crippen LogP contribution in [0.3, 0.4) is 0 Å². The fraction of sp³-hybridized carbons (Fsp3) is 0.429. The molecule has 1 aliphatic heterocycles. The SMILES string of the molecule is CNCCO/N=C(/C)CN1CCN(C(=O)c2cc(C(F)(F)F)cc(C(F)(F)F)c2)[C@H](Cc2c[nH]c3ccccc23)C1. The summed E-state index contributed by atoms with van der Waals surface area (Å²) >= 11 is 0. The van der Waals surface area contributed by atoms with E-state index in [-0.39, 0.29) is 12.6 Å². The summed E-state index contributed by atoms with van der Waals surface area (Å²) in [6.45, 7) is 4.02. The van der Waals surface area contributed by atoms with E-state index in [1.54, 1.807) is 20.2 Å². The molecule has 1 fully saturated rings. The van der Waals surface area contributed by atoms with Gasteiger partial charge in [-0.1, -0.05) is 23.4 Å². The summed E-state index contributed by atoms with van der Waals surface area (Å²) in [5, 5.41) is 7.97. The maximum atomic E-state index is 13.6. The lowest BCUT2D eigenvalue weighted by atomic mass is 9.98. The first kappa shape index (κ1) is 30.4. The van der Waals surface area contributed by atoms with Crippen molar-refractivity contribution in [3.05, 3.63) is 70.9 Å².